The van der Waals surface area contributed by atoms with E-state index < -0.39 is 41.6 Å². The molecule has 12 rings (SSSR count). The Morgan fingerprint density at radius 3 is 1.24 bits per heavy atom. The van der Waals surface area contributed by atoms with E-state index in [9.17, 15) is 33.6 Å². The van der Waals surface area contributed by atoms with Gasteiger partial charge in [0.2, 0.25) is 5.78 Å². The Kier molecular flexibility index (Phi) is 48.0. The number of methoxy groups -OCH3 is 6. The summed E-state index contributed by atoms with van der Waals surface area (Å²) >= 11 is 40.9. The number of esters is 6. The number of imidazole rings is 5. The monoisotopic (exact) mass is 1970 g/mol. The van der Waals surface area contributed by atoms with Crippen molar-refractivity contribution in [1.82, 2.24) is 81.8 Å². The van der Waals surface area contributed by atoms with Crippen molar-refractivity contribution in [2.24, 2.45) is 0 Å². The Hall–Kier alpha value is -6.60. The van der Waals surface area contributed by atoms with E-state index in [2.05, 4.69) is 122 Å². The first-order valence-corrected chi connectivity index (χ1v) is 33.0. The van der Waals surface area contributed by atoms with Gasteiger partial charge in [0.15, 0.2) is 93.4 Å². The molecule has 0 aliphatic carbocycles. The number of nitrogens with two attached hydrogens (primary N) is 1. The molecule has 0 amide bonds. The fourth-order valence-electron chi connectivity index (χ4n) is 8.32. The van der Waals surface area contributed by atoms with Crippen LogP contribution in [0.4, 0.5) is 5.82 Å². The first-order chi connectivity index (χ1) is 49.4. The number of aliphatic hydroxyl groups excluding tert-OH is 1. The van der Waals surface area contributed by atoms with Crippen molar-refractivity contribution in [3.05, 3.63) is 204 Å². The topological polar surface area (TPSA) is 407 Å². The fraction of sp³-hybridized carbons (Fsp3) is 0.210. The van der Waals surface area contributed by atoms with Crippen molar-refractivity contribution in [3.8, 4) is 5.75 Å². The summed E-state index contributed by atoms with van der Waals surface area (Å²) in [5.41, 5.74) is 11.4. The molecule has 0 bridgehead atoms. The van der Waals surface area contributed by atoms with Crippen LogP contribution in [0.25, 0.3) is 28.2 Å². The predicted molar refractivity (Wildman–Crippen MR) is 382 cm³/mol. The number of halogens is 8. The predicted octanol–water partition coefficient (Wildman–Crippen LogP) is 9.62. The van der Waals surface area contributed by atoms with Crippen LogP contribution in [0.1, 0.15) is 75.1 Å². The first kappa shape index (κ1) is 102. The molecule has 6 radical (unpaired) electrons. The second kappa shape index (κ2) is 51.1. The number of anilines is 1. The van der Waals surface area contributed by atoms with Gasteiger partial charge in [-0.15, -0.1) is 6.58 Å². The zero-order valence-electron chi connectivity index (χ0n) is 57.4. The zero-order chi connectivity index (χ0) is 75.6. The quantitative estimate of drug-likeness (QED) is 0.0317. The van der Waals surface area contributed by atoms with E-state index in [-0.39, 0.29) is 195 Å². The molecule has 109 heavy (non-hydrogen) atoms. The van der Waals surface area contributed by atoms with Crippen molar-refractivity contribution >= 4 is 177 Å². The van der Waals surface area contributed by atoms with E-state index in [1.165, 1.54) is 85.4 Å². The zero-order valence-corrected chi connectivity index (χ0v) is 73.5. The number of hydrogen-bond donors (Lipinski definition) is 2. The van der Waals surface area contributed by atoms with E-state index in [1.807, 2.05) is 31.2 Å². The summed E-state index contributed by atoms with van der Waals surface area (Å²) in [6, 6.07) is 7.78. The summed E-state index contributed by atoms with van der Waals surface area (Å²) in [7, 11) is 7.66. The third-order valence-electron chi connectivity index (χ3n) is 13.0. The maximum absolute atomic E-state index is 12.0. The Labute approximate surface area is 737 Å². The summed E-state index contributed by atoms with van der Waals surface area (Å²) in [6.45, 7) is 5.96. The van der Waals surface area contributed by atoms with Gasteiger partial charge in [-0.1, -0.05) is 109 Å². The molecular formula is C62H56Br2Cl6N18O15V6. The van der Waals surface area contributed by atoms with Gasteiger partial charge >= 0.3 is 35.8 Å². The van der Waals surface area contributed by atoms with Gasteiger partial charge in [-0.25, -0.2) is 88.6 Å². The Morgan fingerprint density at radius 2 is 0.862 bits per heavy atom. The van der Waals surface area contributed by atoms with Gasteiger partial charge in [-0.05, 0) is 35.0 Å². The number of carbonyl (C=O) groups is 7. The summed E-state index contributed by atoms with van der Waals surface area (Å²) < 4.78 is 41.8. The number of aromatic nitrogens is 17. The van der Waals surface area contributed by atoms with Gasteiger partial charge in [-0.3, -0.25) is 22.4 Å². The van der Waals surface area contributed by atoms with Gasteiger partial charge in [0, 0.05) is 218 Å². The molecule has 0 saturated carbocycles. The average Bonchev–Trinajstić information content (AvgIpc) is 1.67. The van der Waals surface area contributed by atoms with Crippen LogP contribution < -0.4 is 10.5 Å². The minimum absolute atomic E-state index is 0. The number of carbonyl (C=O) groups excluding carboxylic acids is 7. The first-order valence-electron chi connectivity index (χ1n) is 28.8. The molecule has 0 aliphatic heterocycles. The molecule has 0 aliphatic rings. The van der Waals surface area contributed by atoms with Crippen LogP contribution in [-0.4, -0.2) is 190 Å². The fourth-order valence-corrected chi connectivity index (χ4v) is 10.1. The van der Waals surface area contributed by atoms with Crippen molar-refractivity contribution in [2.75, 3.05) is 66.9 Å². The van der Waals surface area contributed by atoms with Crippen LogP contribution in [0.2, 0.25) is 30.9 Å². The number of aryl methyl sites for hydroxylation is 1. The van der Waals surface area contributed by atoms with Crippen LogP contribution in [0.5, 0.6) is 5.75 Å². The number of Topliss-reactive ketones (excluding diaryl/α,β-unsaturated/α-hetero) is 1. The molecule has 11 heterocycles. The number of allylic oxidation sites excluding steroid dienone is 1. The maximum Gasteiger partial charge on any atom is 0.375 e. The number of rotatable bonds is 15. The Balaban J connectivity index is 0.00000127. The molecule has 1 aromatic carbocycles. The number of aliphatic hydroxyl groups is 1. The standard InChI is InChI=1S/C17H16ClN3O3.C11H10ClN3O2.C10H10ClN3O3.C8H5BrClN3O2.C8H6ClN3O2.C4H5BrO3.C4H4ClN3.6V/c1-11-3-5-12(6-4-11)24-10-7-13-14(17(22)23-2)20-16-15(18)19-8-9-21(13)16;1-3-4-7-8(11(16)17-2)14-10-9(12)13-5-6-15(7)10;1-17-10(16)7-6(2-5-15)14-4-3-12-8(11)9(14)13-7;1-15-8(14)4-5(9)13-3-2-11-6(10)7(13)12-4;1-14-8(13)5-4-12-3-2-10-6(9)7(12)11-5;1-8-4(7)3(6)2-5;5-3-4(6)8-2-1-7-3;;;;;;/h3-6,8-9H,7,10H2,1-2H3;3,5-6H,1,4H2,2H3;3-4,15H,2,5H2,1H3;2-3H,1H3;2-4H,1H3;2H2,1H3;1-2H,(H2,6,8);;;;;;. The van der Waals surface area contributed by atoms with Crippen LogP contribution in [0.3, 0.4) is 0 Å². The summed E-state index contributed by atoms with van der Waals surface area (Å²) in [4.78, 5) is 125. The summed E-state index contributed by atoms with van der Waals surface area (Å²) in [6.07, 6.45) is 23.4. The van der Waals surface area contributed by atoms with Crippen LogP contribution in [0, 0.1) is 6.92 Å². The molecule has 3 N–H and O–H groups in total. The van der Waals surface area contributed by atoms with Gasteiger partial charge in [-0.2, -0.15) is 0 Å². The van der Waals surface area contributed by atoms with Gasteiger partial charge in [0.25, 0.3) is 0 Å². The van der Waals surface area contributed by atoms with Crippen molar-refractivity contribution in [3.63, 3.8) is 0 Å². The normalized spacial score (nSPS) is 9.76. The third kappa shape index (κ3) is 27.6. The Morgan fingerprint density at radius 1 is 0.486 bits per heavy atom. The number of alkyl halides is 1. The molecule has 12 aromatic rings. The largest absolute Gasteiger partial charge is 0.493 e. The number of ketones is 1. The van der Waals surface area contributed by atoms with Crippen LogP contribution in [0.15, 0.2) is 122 Å². The number of ether oxygens (including phenoxy) is 7. The average molecular weight is 1970 g/mol. The molecule has 570 valence electrons. The maximum atomic E-state index is 12.0. The smallest absolute Gasteiger partial charge is 0.375 e. The SMILES string of the molecule is C=CCc1c(C(=O)OC)nc2c(Cl)nccn12.COC(=O)C(=O)CBr.COC(=O)c1cn2ccnc(Cl)c2n1.COC(=O)c1nc2c(Cl)nccn2c1Br.COC(=O)c1nc2c(Cl)nccn2c1CCO.COC(=O)c1nc2c(Cl)nccn2c1CCOc1ccc(C)cc1.Nc1nccnc1Cl.[V].[V].[V].[V].[V].[V]. The molecule has 47 heteroatoms. The van der Waals surface area contributed by atoms with E-state index in [4.69, 9.17) is 89.9 Å². The van der Waals surface area contributed by atoms with Gasteiger partial charge < -0.3 is 48.4 Å². The number of fused-ring (bicyclic) bond motifs is 5. The molecule has 0 atom stereocenters. The van der Waals surface area contributed by atoms with Crippen LogP contribution >= 0.6 is 101 Å². The van der Waals surface area contributed by atoms with E-state index in [0.717, 1.165) is 5.75 Å². The van der Waals surface area contributed by atoms with E-state index in [1.54, 1.807) is 71.5 Å². The Bertz CT molecular complexity index is 5020. The molecule has 0 unspecified atom stereocenters. The van der Waals surface area contributed by atoms with Crippen molar-refractivity contribution < 1.29 is 183 Å². The molecule has 0 spiro atoms. The minimum atomic E-state index is -0.804. The molecule has 0 fully saturated rings. The van der Waals surface area contributed by atoms with Crippen LogP contribution in [-0.2, 0) is 169 Å². The number of nitrogen functional groups attached to an aromatic ring is 1. The van der Waals surface area contributed by atoms with Gasteiger partial charge in [0.05, 0.1) is 71.7 Å². The van der Waals surface area contributed by atoms with Crippen molar-refractivity contribution in [2.45, 2.75) is 26.2 Å². The molecule has 33 nitrogen and oxygen atoms in total. The van der Waals surface area contributed by atoms with E-state index >= 15 is 0 Å². The summed E-state index contributed by atoms with van der Waals surface area (Å²) in [5.74, 6) is -2.92. The van der Waals surface area contributed by atoms with Gasteiger partial charge in [0.1, 0.15) is 10.4 Å². The van der Waals surface area contributed by atoms with E-state index in [0.29, 0.717) is 69.4 Å². The number of nitrogens with zero attached hydrogens (tertiary/aromatic N) is 17. The number of hydrogen-bond acceptors (Lipinski definition) is 28. The second-order valence-electron chi connectivity index (χ2n) is 19.3. The van der Waals surface area contributed by atoms with Crippen molar-refractivity contribution in [1.29, 1.82) is 0 Å². The third-order valence-corrected chi connectivity index (χ3v) is 15.9. The minimum Gasteiger partial charge on any atom is -0.493 e. The summed E-state index contributed by atoms with van der Waals surface area (Å²) in [5, 5.41) is 10.4. The molecular weight excluding hydrogens is 1910 g/mol. The molecule has 11 aromatic heterocycles. The number of benzene rings is 1. The molecule has 0 saturated heterocycles. The second-order valence-corrected chi connectivity index (χ2v) is 22.8.